The van der Waals surface area contributed by atoms with Crippen molar-refractivity contribution in [3.05, 3.63) is 59.2 Å². The van der Waals surface area contributed by atoms with Gasteiger partial charge in [0.2, 0.25) is 17.4 Å². The predicted octanol–water partition coefficient (Wildman–Crippen LogP) is 4.65. The van der Waals surface area contributed by atoms with Crippen molar-refractivity contribution in [3.8, 4) is 11.5 Å². The summed E-state index contributed by atoms with van der Waals surface area (Å²) in [7, 11) is 0. The first kappa shape index (κ1) is 14.9. The molecular weight excluding hydrogens is 286 g/mol. The van der Waals surface area contributed by atoms with E-state index in [0.717, 1.165) is 6.08 Å². The van der Waals surface area contributed by atoms with Gasteiger partial charge in [-0.05, 0) is 19.1 Å². The molecule has 0 aliphatic carbocycles. The molecule has 6 heteroatoms. The predicted molar refractivity (Wildman–Crippen MR) is 71.9 cm³/mol. The van der Waals surface area contributed by atoms with Gasteiger partial charge in [-0.15, -0.1) is 0 Å². The van der Waals surface area contributed by atoms with Crippen LogP contribution in [-0.2, 0) is 0 Å². The highest BCUT2D eigenvalue weighted by Crippen LogP contribution is 2.35. The number of nitrogen functional groups attached to an aromatic ring is 1. The fraction of sp³-hybridized carbons (Fsp3) is 0.0667. The van der Waals surface area contributed by atoms with Gasteiger partial charge in [-0.3, -0.25) is 0 Å². The van der Waals surface area contributed by atoms with Crippen molar-refractivity contribution in [1.82, 2.24) is 0 Å². The Bertz CT molecular complexity index is 684. The van der Waals surface area contributed by atoms with Crippen molar-refractivity contribution >= 4 is 11.8 Å². The summed E-state index contributed by atoms with van der Waals surface area (Å²) in [4.78, 5) is 0. The Morgan fingerprint density at radius 3 is 2.05 bits per heavy atom. The van der Waals surface area contributed by atoms with E-state index < -0.39 is 34.6 Å². The molecule has 0 saturated carbocycles. The van der Waals surface area contributed by atoms with Gasteiger partial charge in [0.05, 0.1) is 11.3 Å². The van der Waals surface area contributed by atoms with Crippen LogP contribution >= 0.6 is 0 Å². The molecule has 0 heterocycles. The Labute approximate surface area is 118 Å². The molecule has 0 saturated heterocycles. The lowest BCUT2D eigenvalue weighted by atomic mass is 10.1. The highest BCUT2D eigenvalue weighted by molar-refractivity contribution is 5.56. The van der Waals surface area contributed by atoms with Gasteiger partial charge in [0.25, 0.3) is 0 Å². The molecule has 21 heavy (non-hydrogen) atoms. The molecule has 0 aliphatic heterocycles. The van der Waals surface area contributed by atoms with E-state index >= 15 is 0 Å². The fourth-order valence-electron chi connectivity index (χ4n) is 1.71. The number of para-hydroxylation sites is 2. The minimum absolute atomic E-state index is 0.0784. The van der Waals surface area contributed by atoms with Crippen LogP contribution in [0.5, 0.6) is 11.5 Å². The van der Waals surface area contributed by atoms with E-state index in [4.69, 9.17) is 10.5 Å². The lowest BCUT2D eigenvalue weighted by Crippen LogP contribution is -2.04. The average molecular weight is 297 g/mol. The topological polar surface area (TPSA) is 35.2 Å². The van der Waals surface area contributed by atoms with Crippen LogP contribution in [0.25, 0.3) is 6.08 Å². The Kier molecular flexibility index (Phi) is 4.16. The number of ether oxygens (including phenoxy) is 1. The van der Waals surface area contributed by atoms with Crippen molar-refractivity contribution in [2.45, 2.75) is 6.92 Å². The van der Waals surface area contributed by atoms with Gasteiger partial charge in [-0.25, -0.2) is 8.78 Å². The summed E-state index contributed by atoms with van der Waals surface area (Å²) in [5.41, 5.74) is 4.83. The normalized spacial score (nSPS) is 11.1. The van der Waals surface area contributed by atoms with Crippen LogP contribution in [0.3, 0.4) is 0 Å². The molecule has 2 nitrogen and oxygen atoms in total. The molecule has 0 radical (unpaired) electrons. The highest BCUT2D eigenvalue weighted by Gasteiger charge is 2.26. The minimum atomic E-state index is -1.62. The quantitative estimate of drug-likeness (QED) is 0.508. The summed E-state index contributed by atoms with van der Waals surface area (Å²) in [5, 5.41) is 0. The highest BCUT2D eigenvalue weighted by atomic mass is 19.2. The van der Waals surface area contributed by atoms with Crippen molar-refractivity contribution in [3.63, 3.8) is 0 Å². The van der Waals surface area contributed by atoms with Crippen molar-refractivity contribution in [2.75, 3.05) is 5.73 Å². The Balaban J connectivity index is 2.58. The fourth-order valence-corrected chi connectivity index (χ4v) is 1.71. The summed E-state index contributed by atoms with van der Waals surface area (Å²) in [6, 6.07) is 5.82. The second kappa shape index (κ2) is 5.87. The van der Waals surface area contributed by atoms with Crippen LogP contribution in [0.4, 0.5) is 23.2 Å². The van der Waals surface area contributed by atoms with Gasteiger partial charge in [-0.2, -0.15) is 8.78 Å². The van der Waals surface area contributed by atoms with Crippen molar-refractivity contribution in [1.29, 1.82) is 0 Å². The molecule has 0 fully saturated rings. The van der Waals surface area contributed by atoms with Gasteiger partial charge in [0.1, 0.15) is 0 Å². The van der Waals surface area contributed by atoms with Crippen molar-refractivity contribution in [2.24, 2.45) is 0 Å². The van der Waals surface area contributed by atoms with Crippen LogP contribution in [0.1, 0.15) is 12.5 Å². The van der Waals surface area contributed by atoms with Crippen LogP contribution in [-0.4, -0.2) is 0 Å². The summed E-state index contributed by atoms with van der Waals surface area (Å²) in [5.74, 6) is -7.58. The first-order chi connectivity index (χ1) is 9.97. The molecular formula is C15H11F4NO. The monoisotopic (exact) mass is 297 g/mol. The summed E-state index contributed by atoms with van der Waals surface area (Å²) in [6.07, 6.45) is 2.19. The zero-order chi connectivity index (χ0) is 15.6. The van der Waals surface area contributed by atoms with Gasteiger partial charge in [0.15, 0.2) is 17.4 Å². The Morgan fingerprint density at radius 2 is 1.52 bits per heavy atom. The molecule has 0 spiro atoms. The molecule has 0 aromatic heterocycles. The van der Waals surface area contributed by atoms with E-state index in [2.05, 4.69) is 0 Å². The molecule has 2 rings (SSSR count). The van der Waals surface area contributed by atoms with Crippen molar-refractivity contribution < 1.29 is 22.3 Å². The number of benzene rings is 2. The lowest BCUT2D eigenvalue weighted by Gasteiger charge is -2.12. The van der Waals surface area contributed by atoms with Gasteiger partial charge in [-0.1, -0.05) is 24.3 Å². The molecule has 0 atom stereocenters. The molecule has 0 bridgehead atoms. The zero-order valence-corrected chi connectivity index (χ0v) is 11.0. The molecule has 0 unspecified atom stereocenters. The number of hydrogen-bond donors (Lipinski definition) is 1. The summed E-state index contributed by atoms with van der Waals surface area (Å²) in [6.45, 7) is 1.46. The standard InChI is InChI=1S/C15H11F4NO/c1-2-5-8-11(16)13(18)15(14(19)12(8)17)21-10-7-4-3-6-9(10)20/h2-7H,20H2,1H3/b5-2+. The Hall–Kier alpha value is -2.50. The number of rotatable bonds is 3. The van der Waals surface area contributed by atoms with E-state index in [1.54, 1.807) is 6.07 Å². The van der Waals surface area contributed by atoms with Crippen LogP contribution in [0.15, 0.2) is 30.3 Å². The molecule has 2 aromatic rings. The van der Waals surface area contributed by atoms with Crippen LogP contribution in [0, 0.1) is 23.3 Å². The third kappa shape index (κ3) is 2.69. The second-order valence-electron chi connectivity index (χ2n) is 4.14. The number of anilines is 1. The largest absolute Gasteiger partial charge is 0.449 e. The Morgan fingerprint density at radius 1 is 0.952 bits per heavy atom. The zero-order valence-electron chi connectivity index (χ0n) is 11.0. The molecule has 0 amide bonds. The molecule has 2 aromatic carbocycles. The number of allylic oxidation sites excluding steroid dienone is 1. The van der Waals surface area contributed by atoms with E-state index in [1.807, 2.05) is 0 Å². The van der Waals surface area contributed by atoms with Gasteiger partial charge >= 0.3 is 0 Å². The number of halogens is 4. The van der Waals surface area contributed by atoms with E-state index in [1.165, 1.54) is 31.2 Å². The lowest BCUT2D eigenvalue weighted by molar-refractivity contribution is 0.366. The first-order valence-electron chi connectivity index (χ1n) is 5.98. The summed E-state index contributed by atoms with van der Waals surface area (Å²) >= 11 is 0. The smallest absolute Gasteiger partial charge is 0.205 e. The van der Waals surface area contributed by atoms with Gasteiger partial charge < -0.3 is 10.5 Å². The maximum Gasteiger partial charge on any atom is 0.205 e. The van der Waals surface area contributed by atoms with Gasteiger partial charge in [0, 0.05) is 0 Å². The number of nitrogens with two attached hydrogens (primary N) is 1. The van der Waals surface area contributed by atoms with E-state index in [0.29, 0.717) is 0 Å². The maximum atomic E-state index is 13.9. The second-order valence-corrected chi connectivity index (χ2v) is 4.14. The SMILES string of the molecule is C/C=C/c1c(F)c(F)c(Oc2ccccc2N)c(F)c1F. The van der Waals surface area contributed by atoms with E-state index in [9.17, 15) is 17.6 Å². The minimum Gasteiger partial charge on any atom is -0.449 e. The molecule has 110 valence electrons. The maximum absolute atomic E-state index is 13.9. The molecule has 0 aliphatic rings. The summed E-state index contributed by atoms with van der Waals surface area (Å²) < 4.78 is 60.1. The third-order valence-electron chi connectivity index (χ3n) is 2.72. The van der Waals surface area contributed by atoms with Crippen LogP contribution in [0.2, 0.25) is 0 Å². The molecule has 2 N–H and O–H groups in total. The average Bonchev–Trinajstić information content (AvgIpc) is 2.48. The first-order valence-corrected chi connectivity index (χ1v) is 5.98. The number of hydrogen-bond acceptors (Lipinski definition) is 2. The van der Waals surface area contributed by atoms with Crippen LogP contribution < -0.4 is 10.5 Å². The third-order valence-corrected chi connectivity index (χ3v) is 2.72. The van der Waals surface area contributed by atoms with E-state index in [-0.39, 0.29) is 11.4 Å².